The van der Waals surface area contributed by atoms with Gasteiger partial charge in [0.1, 0.15) is 0 Å². The molecule has 3 N–H and O–H groups in total. The maximum atomic E-state index is 10.1. The molecule has 1 aliphatic rings. The molecule has 1 aromatic rings. The smallest absolute Gasteiger partial charge is 0.191 e. The molecule has 0 aromatic heterocycles. The largest absolute Gasteiger partial charge is 0.388 e. The molecule has 1 saturated carbocycles. The second-order valence-corrected chi connectivity index (χ2v) is 7.11. The average Bonchev–Trinajstić information content (AvgIpc) is 2.49. The molecule has 4 nitrogen and oxygen atoms in total. The van der Waals surface area contributed by atoms with Crippen LogP contribution in [-0.4, -0.2) is 42.1 Å². The highest BCUT2D eigenvalue weighted by atomic mass is 127. The number of aliphatic imine (C=N–C) groups is 1. The van der Waals surface area contributed by atoms with E-state index in [4.69, 9.17) is 11.6 Å². The standard InChI is InChI=1S/C16H24ClN3OS.HI/c1-2-18-15(20-12-16(21)8-3-9-16)19-10-11-22-14-6-4-13(17)5-7-14;/h4-7,21H,2-3,8-12H2,1H3,(H2,18,19,20);1H. The summed E-state index contributed by atoms with van der Waals surface area (Å²) >= 11 is 7.65. The van der Waals surface area contributed by atoms with Gasteiger partial charge in [-0.15, -0.1) is 35.7 Å². The van der Waals surface area contributed by atoms with Crippen molar-refractivity contribution < 1.29 is 5.11 Å². The van der Waals surface area contributed by atoms with E-state index in [-0.39, 0.29) is 24.0 Å². The van der Waals surface area contributed by atoms with E-state index in [1.54, 1.807) is 11.8 Å². The quantitative estimate of drug-likeness (QED) is 0.188. The van der Waals surface area contributed by atoms with Gasteiger partial charge in [-0.1, -0.05) is 11.6 Å². The Labute approximate surface area is 164 Å². The molecule has 23 heavy (non-hydrogen) atoms. The van der Waals surface area contributed by atoms with Gasteiger partial charge >= 0.3 is 0 Å². The Kier molecular flexibility index (Phi) is 9.65. The van der Waals surface area contributed by atoms with Crippen LogP contribution in [0.3, 0.4) is 0 Å². The molecule has 0 unspecified atom stereocenters. The van der Waals surface area contributed by atoms with Gasteiger partial charge in [0.2, 0.25) is 0 Å². The van der Waals surface area contributed by atoms with Crippen molar-refractivity contribution >= 4 is 53.3 Å². The van der Waals surface area contributed by atoms with Crippen molar-refractivity contribution in [2.75, 3.05) is 25.4 Å². The average molecular weight is 470 g/mol. The van der Waals surface area contributed by atoms with Crippen molar-refractivity contribution in [2.24, 2.45) is 4.99 Å². The van der Waals surface area contributed by atoms with Crippen molar-refractivity contribution in [1.29, 1.82) is 0 Å². The van der Waals surface area contributed by atoms with Crippen LogP contribution in [0.5, 0.6) is 0 Å². The molecule has 0 spiro atoms. The number of guanidine groups is 1. The fourth-order valence-electron chi connectivity index (χ4n) is 2.18. The second kappa shape index (κ2) is 10.6. The minimum atomic E-state index is -0.569. The summed E-state index contributed by atoms with van der Waals surface area (Å²) in [6, 6.07) is 7.86. The first-order chi connectivity index (χ1) is 10.6. The first kappa shape index (κ1) is 20.9. The lowest BCUT2D eigenvalue weighted by Crippen LogP contribution is -2.43. The third-order valence-electron chi connectivity index (χ3n) is 3.64. The zero-order valence-electron chi connectivity index (χ0n) is 13.3. The fourth-order valence-corrected chi connectivity index (χ4v) is 3.07. The van der Waals surface area contributed by atoms with E-state index in [9.17, 15) is 5.11 Å². The lowest BCUT2D eigenvalue weighted by atomic mass is 9.80. The maximum absolute atomic E-state index is 10.1. The van der Waals surface area contributed by atoms with Gasteiger partial charge in [0, 0.05) is 28.8 Å². The summed E-state index contributed by atoms with van der Waals surface area (Å²) in [4.78, 5) is 5.69. The van der Waals surface area contributed by atoms with Crippen LogP contribution in [-0.2, 0) is 0 Å². The number of nitrogens with zero attached hydrogens (tertiary/aromatic N) is 1. The molecule has 0 aliphatic heterocycles. The lowest BCUT2D eigenvalue weighted by molar-refractivity contribution is -0.0236. The number of rotatable bonds is 7. The van der Waals surface area contributed by atoms with Gasteiger partial charge in [-0.3, -0.25) is 4.99 Å². The highest BCUT2D eigenvalue weighted by Gasteiger charge is 2.34. The molecule has 0 amide bonds. The summed E-state index contributed by atoms with van der Waals surface area (Å²) in [6.07, 6.45) is 2.83. The van der Waals surface area contributed by atoms with Crippen LogP contribution >= 0.6 is 47.3 Å². The van der Waals surface area contributed by atoms with Crippen LogP contribution in [0, 0.1) is 0 Å². The van der Waals surface area contributed by atoms with Gasteiger partial charge < -0.3 is 15.7 Å². The highest BCUT2D eigenvalue weighted by molar-refractivity contribution is 14.0. The van der Waals surface area contributed by atoms with E-state index in [1.165, 1.54) is 4.90 Å². The molecule has 1 aromatic carbocycles. The molecular weight excluding hydrogens is 445 g/mol. The van der Waals surface area contributed by atoms with Gasteiger partial charge in [-0.2, -0.15) is 0 Å². The number of nitrogens with one attached hydrogen (secondary N) is 2. The van der Waals surface area contributed by atoms with E-state index in [1.807, 2.05) is 31.2 Å². The SMILES string of the molecule is CCNC(=NCC1(O)CCC1)NCCSc1ccc(Cl)cc1.I. The van der Waals surface area contributed by atoms with E-state index < -0.39 is 5.60 Å². The number of hydrogen-bond acceptors (Lipinski definition) is 3. The molecule has 1 aliphatic carbocycles. The minimum absolute atomic E-state index is 0. The van der Waals surface area contributed by atoms with Gasteiger partial charge in [0.05, 0.1) is 12.1 Å². The lowest BCUT2D eigenvalue weighted by Gasteiger charge is -2.35. The molecule has 0 atom stereocenters. The molecule has 0 heterocycles. The van der Waals surface area contributed by atoms with Crippen molar-refractivity contribution in [3.8, 4) is 0 Å². The zero-order valence-corrected chi connectivity index (χ0v) is 17.3. The van der Waals surface area contributed by atoms with E-state index in [0.717, 1.165) is 49.1 Å². The van der Waals surface area contributed by atoms with Crippen molar-refractivity contribution in [2.45, 2.75) is 36.7 Å². The Balaban J connectivity index is 0.00000264. The molecule has 7 heteroatoms. The number of hydrogen-bond donors (Lipinski definition) is 3. The Morgan fingerprint density at radius 2 is 2.00 bits per heavy atom. The van der Waals surface area contributed by atoms with Gasteiger partial charge in [-0.05, 0) is 50.5 Å². The summed E-state index contributed by atoms with van der Waals surface area (Å²) in [7, 11) is 0. The number of aliphatic hydroxyl groups is 1. The molecule has 1 fully saturated rings. The molecule has 0 saturated heterocycles. The highest BCUT2D eigenvalue weighted by Crippen LogP contribution is 2.31. The van der Waals surface area contributed by atoms with Crippen LogP contribution < -0.4 is 10.6 Å². The minimum Gasteiger partial charge on any atom is -0.388 e. The van der Waals surface area contributed by atoms with Gasteiger partial charge in [0.15, 0.2) is 5.96 Å². The Morgan fingerprint density at radius 1 is 1.30 bits per heavy atom. The van der Waals surface area contributed by atoms with Crippen LogP contribution in [0.2, 0.25) is 5.02 Å². The first-order valence-corrected chi connectivity index (χ1v) is 9.11. The van der Waals surface area contributed by atoms with Crippen molar-refractivity contribution in [1.82, 2.24) is 10.6 Å². The molecule has 0 bridgehead atoms. The number of thioether (sulfide) groups is 1. The predicted octanol–water partition coefficient (Wildman–Crippen LogP) is 3.52. The van der Waals surface area contributed by atoms with Crippen LogP contribution in [0.1, 0.15) is 26.2 Å². The van der Waals surface area contributed by atoms with E-state index >= 15 is 0 Å². The first-order valence-electron chi connectivity index (χ1n) is 7.74. The molecule has 130 valence electrons. The monoisotopic (exact) mass is 469 g/mol. The summed E-state index contributed by atoms with van der Waals surface area (Å²) in [6.45, 7) is 4.15. The number of halogens is 2. The van der Waals surface area contributed by atoms with Gasteiger partial charge in [-0.25, -0.2) is 0 Å². The maximum Gasteiger partial charge on any atom is 0.191 e. The summed E-state index contributed by atoms with van der Waals surface area (Å²) < 4.78 is 0. The molecule has 0 radical (unpaired) electrons. The summed E-state index contributed by atoms with van der Waals surface area (Å²) in [5, 5.41) is 17.4. The van der Waals surface area contributed by atoms with Crippen LogP contribution in [0.15, 0.2) is 34.2 Å². The Hall–Kier alpha value is -0.180. The van der Waals surface area contributed by atoms with Crippen molar-refractivity contribution in [3.05, 3.63) is 29.3 Å². The zero-order chi connectivity index (χ0) is 15.8. The number of benzene rings is 1. The normalized spacial score (nSPS) is 16.2. The Morgan fingerprint density at radius 3 is 2.57 bits per heavy atom. The van der Waals surface area contributed by atoms with Crippen LogP contribution in [0.25, 0.3) is 0 Å². The predicted molar refractivity (Wildman–Crippen MR) is 110 cm³/mol. The summed E-state index contributed by atoms with van der Waals surface area (Å²) in [5.41, 5.74) is -0.569. The van der Waals surface area contributed by atoms with Crippen LogP contribution in [0.4, 0.5) is 0 Å². The topological polar surface area (TPSA) is 56.7 Å². The van der Waals surface area contributed by atoms with Crippen molar-refractivity contribution in [3.63, 3.8) is 0 Å². The molecular formula is C16H25ClIN3OS. The van der Waals surface area contributed by atoms with E-state index in [2.05, 4.69) is 15.6 Å². The second-order valence-electron chi connectivity index (χ2n) is 5.50. The Bertz CT molecular complexity index is 495. The van der Waals surface area contributed by atoms with E-state index in [0.29, 0.717) is 6.54 Å². The third-order valence-corrected chi connectivity index (χ3v) is 4.90. The fraction of sp³-hybridized carbons (Fsp3) is 0.562. The summed E-state index contributed by atoms with van der Waals surface area (Å²) in [5.74, 6) is 1.72. The van der Waals surface area contributed by atoms with Gasteiger partial charge in [0.25, 0.3) is 0 Å². The third kappa shape index (κ3) is 7.49. The molecule has 2 rings (SSSR count).